The molecule has 1 amide bonds. The number of rotatable bonds is 2. The van der Waals surface area contributed by atoms with E-state index in [1.54, 1.807) is 12.3 Å². The van der Waals surface area contributed by atoms with Gasteiger partial charge in [-0.15, -0.1) is 5.10 Å². The molecule has 0 spiro atoms. The zero-order valence-corrected chi connectivity index (χ0v) is 14.4. The van der Waals surface area contributed by atoms with Crippen LogP contribution in [0.4, 0.5) is 5.82 Å². The molecule has 0 bridgehead atoms. The highest BCUT2D eigenvalue weighted by Crippen LogP contribution is 2.27. The number of carbonyl (C=O) groups is 1. The van der Waals surface area contributed by atoms with Crippen molar-refractivity contribution in [3.8, 4) is 0 Å². The molecule has 0 aliphatic carbocycles. The van der Waals surface area contributed by atoms with Gasteiger partial charge in [-0.3, -0.25) is 4.79 Å². The number of benzene rings is 1. The van der Waals surface area contributed by atoms with Crippen molar-refractivity contribution in [1.82, 2.24) is 15.1 Å². The lowest BCUT2D eigenvalue weighted by Gasteiger charge is -2.28. The van der Waals surface area contributed by atoms with E-state index in [0.717, 1.165) is 33.4 Å². The van der Waals surface area contributed by atoms with E-state index in [2.05, 4.69) is 23.2 Å². The van der Waals surface area contributed by atoms with Gasteiger partial charge in [0.1, 0.15) is 11.4 Å². The highest BCUT2D eigenvalue weighted by molar-refractivity contribution is 5.89. The van der Waals surface area contributed by atoms with Gasteiger partial charge in [-0.25, -0.2) is 0 Å². The van der Waals surface area contributed by atoms with Crippen molar-refractivity contribution in [2.75, 3.05) is 12.3 Å². The van der Waals surface area contributed by atoms with Crippen LogP contribution in [0, 0.1) is 13.8 Å². The quantitative estimate of drug-likeness (QED) is 0.777. The molecule has 1 aromatic carbocycles. The first kappa shape index (κ1) is 15.6. The summed E-state index contributed by atoms with van der Waals surface area (Å²) in [6, 6.07) is 5.91. The average molecular weight is 336 g/mol. The molecule has 6 nitrogen and oxygen atoms in total. The number of furan rings is 1. The van der Waals surface area contributed by atoms with Crippen LogP contribution in [-0.2, 0) is 24.2 Å². The van der Waals surface area contributed by atoms with E-state index >= 15 is 0 Å². The van der Waals surface area contributed by atoms with E-state index in [1.165, 1.54) is 5.56 Å². The predicted octanol–water partition coefficient (Wildman–Crippen LogP) is 2.55. The Labute approximate surface area is 145 Å². The van der Waals surface area contributed by atoms with Crippen LogP contribution in [0.5, 0.6) is 0 Å². The molecule has 2 aromatic heterocycles. The average Bonchev–Trinajstić information content (AvgIpc) is 3.01. The maximum atomic E-state index is 12.8. The molecular weight excluding hydrogens is 316 g/mol. The van der Waals surface area contributed by atoms with Crippen molar-refractivity contribution in [2.24, 2.45) is 0 Å². The molecule has 0 radical (unpaired) electrons. The molecule has 0 saturated carbocycles. The summed E-state index contributed by atoms with van der Waals surface area (Å²) in [4.78, 5) is 14.6. The maximum Gasteiger partial charge on any atom is 0.227 e. The van der Waals surface area contributed by atoms with E-state index in [9.17, 15) is 4.79 Å². The van der Waals surface area contributed by atoms with Crippen LogP contribution >= 0.6 is 0 Å². The van der Waals surface area contributed by atoms with Gasteiger partial charge in [0.15, 0.2) is 0 Å². The van der Waals surface area contributed by atoms with Crippen LogP contribution in [0.3, 0.4) is 0 Å². The number of anilines is 1. The molecule has 0 saturated heterocycles. The van der Waals surface area contributed by atoms with Gasteiger partial charge < -0.3 is 15.1 Å². The number of nitrogen functional groups attached to an aromatic ring is 1. The molecule has 25 heavy (non-hydrogen) atoms. The Morgan fingerprint density at radius 3 is 3.00 bits per heavy atom. The Balaban J connectivity index is 1.56. The van der Waals surface area contributed by atoms with Crippen LogP contribution in [0.2, 0.25) is 0 Å². The van der Waals surface area contributed by atoms with Crippen molar-refractivity contribution in [2.45, 2.75) is 33.2 Å². The smallest absolute Gasteiger partial charge is 0.227 e. The van der Waals surface area contributed by atoms with Gasteiger partial charge in [-0.05, 0) is 36.6 Å². The minimum absolute atomic E-state index is 0.0851. The fourth-order valence-electron chi connectivity index (χ4n) is 3.36. The zero-order valence-electron chi connectivity index (χ0n) is 14.4. The van der Waals surface area contributed by atoms with Crippen molar-refractivity contribution in [1.29, 1.82) is 0 Å². The number of carbonyl (C=O) groups excluding carboxylic acids is 1. The van der Waals surface area contributed by atoms with Crippen molar-refractivity contribution in [3.05, 3.63) is 52.4 Å². The highest BCUT2D eigenvalue weighted by Gasteiger charge is 2.23. The van der Waals surface area contributed by atoms with Crippen LogP contribution in [-0.4, -0.2) is 27.5 Å². The number of hydrogen-bond acceptors (Lipinski definition) is 5. The first-order valence-electron chi connectivity index (χ1n) is 8.38. The summed E-state index contributed by atoms with van der Waals surface area (Å²) >= 11 is 0. The molecular formula is C19H20N4O2. The number of nitrogens with two attached hydrogens (primary N) is 1. The van der Waals surface area contributed by atoms with E-state index in [1.807, 2.05) is 17.9 Å². The van der Waals surface area contributed by atoms with Crippen LogP contribution in [0.25, 0.3) is 11.0 Å². The Hall–Kier alpha value is -2.89. The fourth-order valence-corrected chi connectivity index (χ4v) is 3.36. The summed E-state index contributed by atoms with van der Waals surface area (Å²) in [6.07, 6.45) is 2.74. The lowest BCUT2D eigenvalue weighted by molar-refractivity contribution is -0.131. The summed E-state index contributed by atoms with van der Waals surface area (Å²) < 4.78 is 5.72. The van der Waals surface area contributed by atoms with Crippen LogP contribution in [0.15, 0.2) is 28.9 Å². The lowest BCUT2D eigenvalue weighted by Crippen LogP contribution is -2.37. The van der Waals surface area contributed by atoms with E-state index < -0.39 is 0 Å². The maximum absolute atomic E-state index is 12.8. The topological polar surface area (TPSA) is 85.2 Å². The Kier molecular flexibility index (Phi) is 3.67. The molecule has 2 N–H and O–H groups in total. The van der Waals surface area contributed by atoms with Crippen molar-refractivity contribution >= 4 is 22.7 Å². The predicted molar refractivity (Wildman–Crippen MR) is 95.0 cm³/mol. The van der Waals surface area contributed by atoms with E-state index in [-0.39, 0.29) is 5.91 Å². The van der Waals surface area contributed by atoms with E-state index in [4.69, 9.17) is 10.2 Å². The van der Waals surface area contributed by atoms with Gasteiger partial charge in [-0.1, -0.05) is 12.1 Å². The monoisotopic (exact) mass is 336 g/mol. The normalized spacial score (nSPS) is 13.9. The molecule has 3 aromatic rings. The second-order valence-electron chi connectivity index (χ2n) is 6.63. The third-order valence-corrected chi connectivity index (χ3v) is 4.99. The number of hydrogen-bond donors (Lipinski definition) is 1. The van der Waals surface area contributed by atoms with E-state index in [0.29, 0.717) is 31.7 Å². The molecule has 1 aliphatic rings. The zero-order chi connectivity index (χ0) is 17.6. The minimum atomic E-state index is 0.0851. The standard InChI is InChI=1S/C19H20N4O2/c1-11-3-4-15-14(10-25-19(15)12(11)2)8-18(24)23-6-5-16-13(9-23)7-17(20)22-21-16/h3-4,7,10H,5-6,8-9H2,1-2H3,(H2,20,22). The van der Waals surface area contributed by atoms with Crippen LogP contribution < -0.4 is 5.73 Å². The molecule has 3 heterocycles. The molecule has 128 valence electrons. The largest absolute Gasteiger partial charge is 0.464 e. The summed E-state index contributed by atoms with van der Waals surface area (Å²) in [5, 5.41) is 9.02. The lowest BCUT2D eigenvalue weighted by atomic mass is 10.0. The molecule has 0 atom stereocenters. The van der Waals surface area contributed by atoms with Gasteiger partial charge >= 0.3 is 0 Å². The molecule has 4 rings (SSSR count). The van der Waals surface area contributed by atoms with Crippen LogP contribution in [0.1, 0.15) is 27.9 Å². The molecule has 0 fully saturated rings. The minimum Gasteiger partial charge on any atom is -0.464 e. The second kappa shape index (κ2) is 5.88. The van der Waals surface area contributed by atoms with Crippen molar-refractivity contribution < 1.29 is 9.21 Å². The van der Waals surface area contributed by atoms with Gasteiger partial charge in [0, 0.05) is 30.5 Å². The van der Waals surface area contributed by atoms with Gasteiger partial charge in [0.05, 0.1) is 18.4 Å². The molecule has 1 aliphatic heterocycles. The third kappa shape index (κ3) is 2.73. The number of fused-ring (bicyclic) bond motifs is 2. The molecule has 6 heteroatoms. The first-order chi connectivity index (χ1) is 12.0. The highest BCUT2D eigenvalue weighted by atomic mass is 16.3. The SMILES string of the molecule is Cc1ccc2c(CC(=O)N3CCc4nnc(N)cc4C3)coc2c1C. The number of amides is 1. The fraction of sp³-hybridized carbons (Fsp3) is 0.316. The summed E-state index contributed by atoms with van der Waals surface area (Å²) in [7, 11) is 0. The van der Waals surface area contributed by atoms with Gasteiger partial charge in [0.25, 0.3) is 0 Å². The third-order valence-electron chi connectivity index (χ3n) is 4.99. The summed E-state index contributed by atoms with van der Waals surface area (Å²) in [6.45, 7) is 5.28. The van der Waals surface area contributed by atoms with Gasteiger partial charge in [0.2, 0.25) is 5.91 Å². The first-order valence-corrected chi connectivity index (χ1v) is 8.38. The molecule has 0 unspecified atom stereocenters. The Morgan fingerprint density at radius 2 is 2.16 bits per heavy atom. The Morgan fingerprint density at radius 1 is 1.32 bits per heavy atom. The summed E-state index contributed by atoms with van der Waals surface area (Å²) in [5.41, 5.74) is 11.7. The van der Waals surface area contributed by atoms with Gasteiger partial charge in [-0.2, -0.15) is 5.10 Å². The van der Waals surface area contributed by atoms with Crippen molar-refractivity contribution in [3.63, 3.8) is 0 Å². The Bertz CT molecular complexity index is 977. The second-order valence-corrected chi connectivity index (χ2v) is 6.63. The number of aromatic nitrogens is 2. The number of nitrogens with zero attached hydrogens (tertiary/aromatic N) is 3. The summed E-state index contributed by atoms with van der Waals surface area (Å²) in [5.74, 6) is 0.474. The number of aryl methyl sites for hydroxylation is 2.